The molecule has 0 aromatic carbocycles. The van der Waals surface area contributed by atoms with E-state index < -0.39 is 0 Å². The first-order valence-corrected chi connectivity index (χ1v) is 5.94. The molecule has 1 rings (SSSR count). The third-order valence-corrected chi connectivity index (χ3v) is 3.47. The van der Waals surface area contributed by atoms with Crippen molar-refractivity contribution in [3.05, 3.63) is 34.5 Å². The standard InChI is InChI=1S/C12H19NS/c1-4-5-6-7-11(13-3)12-9-8-10(2)14-12/h4,8-9,11,13H,1,5-7H2,2-3H3. The minimum atomic E-state index is 0.522. The Morgan fingerprint density at radius 1 is 1.57 bits per heavy atom. The second-order valence-electron chi connectivity index (χ2n) is 3.51. The van der Waals surface area contributed by atoms with Gasteiger partial charge in [-0.05, 0) is 45.4 Å². The molecular formula is C12H19NS. The Bertz CT molecular complexity index is 278. The summed E-state index contributed by atoms with van der Waals surface area (Å²) >= 11 is 1.89. The predicted molar refractivity (Wildman–Crippen MR) is 64.9 cm³/mol. The smallest absolute Gasteiger partial charge is 0.0412 e. The summed E-state index contributed by atoms with van der Waals surface area (Å²) < 4.78 is 0. The van der Waals surface area contributed by atoms with E-state index in [9.17, 15) is 0 Å². The van der Waals surface area contributed by atoms with Gasteiger partial charge < -0.3 is 5.32 Å². The second kappa shape index (κ2) is 5.99. The zero-order chi connectivity index (χ0) is 10.4. The van der Waals surface area contributed by atoms with Gasteiger partial charge in [-0.1, -0.05) is 6.08 Å². The van der Waals surface area contributed by atoms with Crippen LogP contribution in [0, 0.1) is 6.92 Å². The van der Waals surface area contributed by atoms with E-state index >= 15 is 0 Å². The molecule has 1 unspecified atom stereocenters. The van der Waals surface area contributed by atoms with Gasteiger partial charge in [0.25, 0.3) is 0 Å². The van der Waals surface area contributed by atoms with Gasteiger partial charge in [0.1, 0.15) is 0 Å². The molecule has 0 aliphatic carbocycles. The van der Waals surface area contributed by atoms with Crippen molar-refractivity contribution in [1.82, 2.24) is 5.32 Å². The molecule has 0 amide bonds. The molecule has 0 aliphatic rings. The lowest BCUT2D eigenvalue weighted by Gasteiger charge is -2.13. The molecular weight excluding hydrogens is 190 g/mol. The number of aryl methyl sites for hydroxylation is 1. The monoisotopic (exact) mass is 209 g/mol. The van der Waals surface area contributed by atoms with Crippen molar-refractivity contribution >= 4 is 11.3 Å². The highest BCUT2D eigenvalue weighted by Gasteiger charge is 2.09. The minimum absolute atomic E-state index is 0.522. The van der Waals surface area contributed by atoms with Gasteiger partial charge in [-0.15, -0.1) is 17.9 Å². The summed E-state index contributed by atoms with van der Waals surface area (Å²) in [4.78, 5) is 2.85. The van der Waals surface area contributed by atoms with Crippen LogP contribution in [-0.4, -0.2) is 7.05 Å². The lowest BCUT2D eigenvalue weighted by molar-refractivity contribution is 0.538. The van der Waals surface area contributed by atoms with Gasteiger partial charge in [-0.2, -0.15) is 0 Å². The molecule has 0 saturated heterocycles. The number of hydrogen-bond acceptors (Lipinski definition) is 2. The zero-order valence-corrected chi connectivity index (χ0v) is 9.86. The van der Waals surface area contributed by atoms with Gasteiger partial charge >= 0.3 is 0 Å². The van der Waals surface area contributed by atoms with Crippen LogP contribution in [0.25, 0.3) is 0 Å². The Kier molecular flexibility index (Phi) is 4.91. The summed E-state index contributed by atoms with van der Waals surface area (Å²) in [5.74, 6) is 0. The van der Waals surface area contributed by atoms with Crippen LogP contribution in [0.2, 0.25) is 0 Å². The molecule has 0 saturated carbocycles. The van der Waals surface area contributed by atoms with E-state index in [-0.39, 0.29) is 0 Å². The molecule has 0 fully saturated rings. The average molecular weight is 209 g/mol. The quantitative estimate of drug-likeness (QED) is 0.557. The lowest BCUT2D eigenvalue weighted by atomic mass is 10.1. The summed E-state index contributed by atoms with van der Waals surface area (Å²) in [7, 11) is 2.04. The first-order valence-electron chi connectivity index (χ1n) is 5.12. The van der Waals surface area contributed by atoms with E-state index in [0.29, 0.717) is 6.04 Å². The SMILES string of the molecule is C=CCCCC(NC)c1ccc(C)s1. The van der Waals surface area contributed by atoms with E-state index in [1.807, 2.05) is 24.5 Å². The summed E-state index contributed by atoms with van der Waals surface area (Å²) in [6, 6.07) is 4.95. The molecule has 0 spiro atoms. The van der Waals surface area contributed by atoms with Crippen molar-refractivity contribution in [2.75, 3.05) is 7.05 Å². The molecule has 1 N–H and O–H groups in total. The second-order valence-corrected chi connectivity index (χ2v) is 4.83. The molecule has 1 aromatic heterocycles. The Hall–Kier alpha value is -0.600. The van der Waals surface area contributed by atoms with Gasteiger partial charge in [-0.25, -0.2) is 0 Å². The van der Waals surface area contributed by atoms with E-state index in [2.05, 4.69) is 31.0 Å². The van der Waals surface area contributed by atoms with E-state index in [1.54, 1.807) is 0 Å². The van der Waals surface area contributed by atoms with Gasteiger partial charge in [0.15, 0.2) is 0 Å². The van der Waals surface area contributed by atoms with Crippen molar-refractivity contribution in [2.24, 2.45) is 0 Å². The number of nitrogens with one attached hydrogen (secondary N) is 1. The summed E-state index contributed by atoms with van der Waals surface area (Å²) in [6.45, 7) is 5.90. The fourth-order valence-electron chi connectivity index (χ4n) is 1.54. The minimum Gasteiger partial charge on any atom is -0.312 e. The van der Waals surface area contributed by atoms with Crippen LogP contribution in [0.1, 0.15) is 35.1 Å². The number of unbranched alkanes of at least 4 members (excludes halogenated alkanes) is 1. The molecule has 78 valence electrons. The molecule has 1 heterocycles. The van der Waals surface area contributed by atoms with Crippen molar-refractivity contribution in [3.63, 3.8) is 0 Å². The third-order valence-electron chi connectivity index (χ3n) is 2.35. The fourth-order valence-corrected chi connectivity index (χ4v) is 2.56. The normalized spacial score (nSPS) is 12.7. The van der Waals surface area contributed by atoms with Crippen molar-refractivity contribution in [2.45, 2.75) is 32.2 Å². The fraction of sp³-hybridized carbons (Fsp3) is 0.500. The third kappa shape index (κ3) is 3.28. The van der Waals surface area contributed by atoms with Crippen molar-refractivity contribution < 1.29 is 0 Å². The largest absolute Gasteiger partial charge is 0.312 e. The summed E-state index contributed by atoms with van der Waals surface area (Å²) in [5, 5.41) is 3.37. The number of thiophene rings is 1. The highest BCUT2D eigenvalue weighted by Crippen LogP contribution is 2.26. The molecule has 1 atom stereocenters. The average Bonchev–Trinajstić information content (AvgIpc) is 2.60. The van der Waals surface area contributed by atoms with Crippen LogP contribution in [0.15, 0.2) is 24.8 Å². The van der Waals surface area contributed by atoms with Gasteiger partial charge in [0.05, 0.1) is 0 Å². The van der Waals surface area contributed by atoms with Crippen LogP contribution in [-0.2, 0) is 0 Å². The maximum atomic E-state index is 3.74. The van der Waals surface area contributed by atoms with Crippen LogP contribution < -0.4 is 5.32 Å². The molecule has 0 bridgehead atoms. The molecule has 1 aromatic rings. The Morgan fingerprint density at radius 2 is 2.36 bits per heavy atom. The lowest BCUT2D eigenvalue weighted by Crippen LogP contribution is -2.14. The Balaban J connectivity index is 2.49. The highest BCUT2D eigenvalue weighted by atomic mass is 32.1. The number of rotatable bonds is 6. The van der Waals surface area contributed by atoms with Gasteiger partial charge in [-0.3, -0.25) is 0 Å². The van der Waals surface area contributed by atoms with Crippen molar-refractivity contribution in [1.29, 1.82) is 0 Å². The molecule has 1 nitrogen and oxygen atoms in total. The maximum absolute atomic E-state index is 3.74. The molecule has 2 heteroatoms. The van der Waals surface area contributed by atoms with Crippen molar-refractivity contribution in [3.8, 4) is 0 Å². The number of allylic oxidation sites excluding steroid dienone is 1. The Morgan fingerprint density at radius 3 is 2.86 bits per heavy atom. The van der Waals surface area contributed by atoms with Gasteiger partial charge in [0, 0.05) is 15.8 Å². The first-order chi connectivity index (χ1) is 6.77. The van der Waals surface area contributed by atoms with E-state index in [0.717, 1.165) is 6.42 Å². The summed E-state index contributed by atoms with van der Waals surface area (Å²) in [6.07, 6.45) is 5.52. The molecule has 0 radical (unpaired) electrons. The maximum Gasteiger partial charge on any atom is 0.0412 e. The van der Waals surface area contributed by atoms with Crippen LogP contribution in [0.5, 0.6) is 0 Å². The van der Waals surface area contributed by atoms with E-state index in [1.165, 1.54) is 22.6 Å². The zero-order valence-electron chi connectivity index (χ0n) is 9.05. The highest BCUT2D eigenvalue weighted by molar-refractivity contribution is 7.12. The first kappa shape index (κ1) is 11.5. The molecule has 14 heavy (non-hydrogen) atoms. The Labute approximate surface area is 90.9 Å². The molecule has 0 aliphatic heterocycles. The topological polar surface area (TPSA) is 12.0 Å². The van der Waals surface area contributed by atoms with E-state index in [4.69, 9.17) is 0 Å². The summed E-state index contributed by atoms with van der Waals surface area (Å²) in [5.41, 5.74) is 0. The van der Waals surface area contributed by atoms with Crippen LogP contribution >= 0.6 is 11.3 Å². The van der Waals surface area contributed by atoms with Crippen LogP contribution in [0.4, 0.5) is 0 Å². The van der Waals surface area contributed by atoms with Gasteiger partial charge in [0.2, 0.25) is 0 Å². The number of hydrogen-bond donors (Lipinski definition) is 1. The van der Waals surface area contributed by atoms with Crippen LogP contribution in [0.3, 0.4) is 0 Å². The predicted octanol–water partition coefficient (Wildman–Crippen LogP) is 3.67.